The molecule has 1 amide bonds. The van der Waals surface area contributed by atoms with Gasteiger partial charge in [-0.1, -0.05) is 19.3 Å². The number of piperazine rings is 1. The fourth-order valence-electron chi connectivity index (χ4n) is 4.48. The maximum atomic E-state index is 13.0. The molecule has 0 radical (unpaired) electrons. The van der Waals surface area contributed by atoms with E-state index in [4.69, 9.17) is 0 Å². The average Bonchev–Trinajstić information content (AvgIpc) is 3.15. The van der Waals surface area contributed by atoms with Crippen LogP contribution in [0.3, 0.4) is 0 Å². The van der Waals surface area contributed by atoms with E-state index < -0.39 is 15.3 Å². The third kappa shape index (κ3) is 4.74. The fraction of sp³-hybridized carbons (Fsp3) is 0.750. The van der Waals surface area contributed by atoms with Gasteiger partial charge in [0.05, 0.1) is 5.25 Å². The quantitative estimate of drug-likeness (QED) is 0.744. The highest BCUT2D eigenvalue weighted by Crippen LogP contribution is 2.41. The summed E-state index contributed by atoms with van der Waals surface area (Å²) in [5.41, 5.74) is 0.0372. The van der Waals surface area contributed by atoms with Crippen molar-refractivity contribution in [1.29, 1.82) is 0 Å². The van der Waals surface area contributed by atoms with Crippen molar-refractivity contribution >= 4 is 15.9 Å². The Balaban J connectivity index is 1.61. The van der Waals surface area contributed by atoms with Gasteiger partial charge in [0.25, 0.3) is 0 Å². The number of carbonyl (C=O) groups excluding carboxylic acids is 1. The van der Waals surface area contributed by atoms with Crippen molar-refractivity contribution in [3.8, 4) is 0 Å². The second-order valence-corrected chi connectivity index (χ2v) is 11.0. The van der Waals surface area contributed by atoms with Crippen molar-refractivity contribution in [3.05, 3.63) is 24.5 Å². The van der Waals surface area contributed by atoms with Crippen molar-refractivity contribution in [1.82, 2.24) is 13.8 Å². The lowest BCUT2D eigenvalue weighted by Gasteiger charge is -2.40. The summed E-state index contributed by atoms with van der Waals surface area (Å²) in [6.07, 6.45) is 10.6. The average molecular weight is 396 g/mol. The monoisotopic (exact) mass is 395 g/mol. The Bertz CT molecular complexity index is 714. The molecule has 0 spiro atoms. The lowest BCUT2D eigenvalue weighted by atomic mass is 9.71. The van der Waals surface area contributed by atoms with Crippen LogP contribution in [-0.4, -0.2) is 59.5 Å². The van der Waals surface area contributed by atoms with E-state index in [0.717, 1.165) is 19.4 Å². The summed E-state index contributed by atoms with van der Waals surface area (Å²) in [4.78, 5) is 14.9. The number of carbonyl (C=O) groups is 1. The summed E-state index contributed by atoms with van der Waals surface area (Å²) < 4.78 is 28.4. The van der Waals surface area contributed by atoms with Gasteiger partial charge in [-0.15, -0.1) is 0 Å². The molecule has 2 aliphatic rings. The first kappa shape index (κ1) is 20.4. The van der Waals surface area contributed by atoms with Gasteiger partial charge >= 0.3 is 0 Å². The molecular formula is C20H33N3O3S. The maximum absolute atomic E-state index is 13.0. The third-order valence-electron chi connectivity index (χ3n) is 6.17. The smallest absolute Gasteiger partial charge is 0.223 e. The lowest BCUT2D eigenvalue weighted by Crippen LogP contribution is -2.52. The molecule has 7 heteroatoms. The molecule has 0 N–H and O–H groups in total. The minimum atomic E-state index is -3.23. The van der Waals surface area contributed by atoms with Crippen LogP contribution in [0.4, 0.5) is 0 Å². The molecule has 1 aromatic heterocycles. The van der Waals surface area contributed by atoms with Crippen molar-refractivity contribution in [2.75, 3.05) is 26.2 Å². The predicted octanol–water partition coefficient (Wildman–Crippen LogP) is 2.71. The van der Waals surface area contributed by atoms with Gasteiger partial charge in [-0.25, -0.2) is 8.42 Å². The zero-order valence-electron chi connectivity index (χ0n) is 16.6. The van der Waals surface area contributed by atoms with Crippen LogP contribution in [0, 0.1) is 5.41 Å². The first-order valence-electron chi connectivity index (χ1n) is 10.2. The summed E-state index contributed by atoms with van der Waals surface area (Å²) in [7, 11) is -3.23. The number of sulfonamides is 1. The van der Waals surface area contributed by atoms with E-state index in [9.17, 15) is 13.2 Å². The minimum Gasteiger partial charge on any atom is -0.354 e. The molecule has 0 atom stereocenters. The van der Waals surface area contributed by atoms with E-state index in [1.807, 2.05) is 17.0 Å². The van der Waals surface area contributed by atoms with Gasteiger partial charge in [0.15, 0.2) is 0 Å². The highest BCUT2D eigenvalue weighted by Gasteiger charge is 2.37. The number of hydrogen-bond acceptors (Lipinski definition) is 3. The van der Waals surface area contributed by atoms with Crippen LogP contribution in [0.1, 0.15) is 52.4 Å². The van der Waals surface area contributed by atoms with Crippen molar-refractivity contribution in [2.24, 2.45) is 5.41 Å². The molecule has 1 aliphatic heterocycles. The van der Waals surface area contributed by atoms with Crippen LogP contribution >= 0.6 is 0 Å². The Morgan fingerprint density at radius 2 is 1.59 bits per heavy atom. The summed E-state index contributed by atoms with van der Waals surface area (Å²) in [6.45, 7) is 6.15. The third-order valence-corrected chi connectivity index (χ3v) is 8.45. The van der Waals surface area contributed by atoms with Gasteiger partial charge in [-0.2, -0.15) is 4.31 Å². The van der Waals surface area contributed by atoms with Crippen LogP contribution in [-0.2, 0) is 21.4 Å². The number of amides is 1. The van der Waals surface area contributed by atoms with E-state index in [2.05, 4.69) is 17.0 Å². The molecule has 27 heavy (non-hydrogen) atoms. The van der Waals surface area contributed by atoms with Crippen LogP contribution in [0.15, 0.2) is 24.5 Å². The molecular weight excluding hydrogens is 362 g/mol. The van der Waals surface area contributed by atoms with E-state index in [1.54, 1.807) is 13.8 Å². The summed E-state index contributed by atoms with van der Waals surface area (Å²) in [6, 6.07) is 4.07. The van der Waals surface area contributed by atoms with E-state index in [-0.39, 0.29) is 11.3 Å². The van der Waals surface area contributed by atoms with Crippen LogP contribution in [0.5, 0.6) is 0 Å². The van der Waals surface area contributed by atoms with Crippen LogP contribution < -0.4 is 0 Å². The Hall–Kier alpha value is -1.34. The summed E-state index contributed by atoms with van der Waals surface area (Å²) in [5, 5.41) is -0.410. The van der Waals surface area contributed by atoms with Gasteiger partial charge < -0.3 is 9.47 Å². The molecule has 0 aromatic carbocycles. The Labute approximate surface area is 163 Å². The van der Waals surface area contributed by atoms with Gasteiger partial charge in [0.2, 0.25) is 15.9 Å². The zero-order valence-corrected chi connectivity index (χ0v) is 17.5. The van der Waals surface area contributed by atoms with Crippen molar-refractivity contribution in [2.45, 2.75) is 64.2 Å². The van der Waals surface area contributed by atoms with Crippen LogP contribution in [0.25, 0.3) is 0 Å². The molecule has 0 bridgehead atoms. The summed E-state index contributed by atoms with van der Waals surface area (Å²) >= 11 is 0. The molecule has 1 aliphatic carbocycles. The standard InChI is InChI=1S/C20H33N3O3S/c1-18(2)27(25,26)23-14-12-22(13-15-23)19(24)16-20(8-4-3-5-9-20)17-21-10-6-7-11-21/h6-7,10-11,18H,3-5,8-9,12-17H2,1-2H3. The number of aromatic nitrogens is 1. The molecule has 2 fully saturated rings. The summed E-state index contributed by atoms with van der Waals surface area (Å²) in [5.74, 6) is 0.186. The van der Waals surface area contributed by atoms with E-state index in [1.165, 1.54) is 23.6 Å². The van der Waals surface area contributed by atoms with Gasteiger partial charge in [0.1, 0.15) is 0 Å². The first-order valence-corrected chi connectivity index (χ1v) is 11.7. The lowest BCUT2D eigenvalue weighted by molar-refractivity contribution is -0.135. The Morgan fingerprint density at radius 1 is 1.00 bits per heavy atom. The normalized spacial score (nSPS) is 21.5. The van der Waals surface area contributed by atoms with Crippen LogP contribution in [0.2, 0.25) is 0 Å². The molecule has 6 nitrogen and oxygen atoms in total. The maximum Gasteiger partial charge on any atom is 0.223 e. The second-order valence-electron chi connectivity index (χ2n) is 8.47. The highest BCUT2D eigenvalue weighted by molar-refractivity contribution is 7.89. The zero-order chi connectivity index (χ0) is 19.5. The van der Waals surface area contributed by atoms with Crippen molar-refractivity contribution < 1.29 is 13.2 Å². The number of hydrogen-bond donors (Lipinski definition) is 0. The second kappa shape index (κ2) is 8.35. The van der Waals surface area contributed by atoms with Crippen molar-refractivity contribution in [3.63, 3.8) is 0 Å². The van der Waals surface area contributed by atoms with Gasteiger partial charge in [0, 0.05) is 51.5 Å². The molecule has 1 aromatic rings. The molecule has 3 rings (SSSR count). The topological polar surface area (TPSA) is 62.6 Å². The van der Waals surface area contributed by atoms with E-state index in [0.29, 0.717) is 32.6 Å². The molecule has 1 saturated carbocycles. The number of rotatable bonds is 6. The molecule has 152 valence electrons. The Morgan fingerprint density at radius 3 is 2.15 bits per heavy atom. The van der Waals surface area contributed by atoms with E-state index >= 15 is 0 Å². The van der Waals surface area contributed by atoms with Gasteiger partial charge in [-0.3, -0.25) is 4.79 Å². The molecule has 0 unspecified atom stereocenters. The fourth-order valence-corrected chi connectivity index (χ4v) is 5.75. The molecule has 2 heterocycles. The first-order chi connectivity index (χ1) is 12.8. The van der Waals surface area contributed by atoms with Gasteiger partial charge in [-0.05, 0) is 44.2 Å². The largest absolute Gasteiger partial charge is 0.354 e. The highest BCUT2D eigenvalue weighted by atomic mass is 32.2. The number of nitrogens with zero attached hydrogens (tertiary/aromatic N) is 3. The predicted molar refractivity (Wildman–Crippen MR) is 107 cm³/mol. The SMILES string of the molecule is CC(C)S(=O)(=O)N1CCN(C(=O)CC2(Cn3cccc3)CCCCC2)CC1. The Kier molecular flexibility index (Phi) is 6.31. The molecule has 1 saturated heterocycles. The minimum absolute atomic E-state index is 0.0372.